The predicted octanol–water partition coefficient (Wildman–Crippen LogP) is 2.99. The van der Waals surface area contributed by atoms with E-state index in [9.17, 15) is 0 Å². The van der Waals surface area contributed by atoms with Crippen molar-refractivity contribution < 1.29 is 0 Å². The third-order valence-electron chi connectivity index (χ3n) is 3.48. The lowest BCUT2D eigenvalue weighted by molar-refractivity contribution is 0.442. The van der Waals surface area contributed by atoms with E-state index in [1.165, 1.54) is 17.5 Å². The van der Waals surface area contributed by atoms with Gasteiger partial charge in [-0.1, -0.05) is 22.0 Å². The molecule has 17 heavy (non-hydrogen) atoms. The molecule has 0 aromatic heterocycles. The van der Waals surface area contributed by atoms with E-state index in [4.69, 9.17) is 0 Å². The normalized spacial score (nSPS) is 22.9. The van der Waals surface area contributed by atoms with Gasteiger partial charge in [0.15, 0.2) is 0 Å². The van der Waals surface area contributed by atoms with E-state index in [1.54, 1.807) is 0 Å². The van der Waals surface area contributed by atoms with Gasteiger partial charge in [-0.2, -0.15) is 0 Å². The highest BCUT2D eigenvalue weighted by molar-refractivity contribution is 9.10. The Morgan fingerprint density at radius 2 is 2.24 bits per heavy atom. The zero-order valence-corrected chi connectivity index (χ0v) is 12.4. The summed E-state index contributed by atoms with van der Waals surface area (Å²) in [6.45, 7) is 8.71. The second kappa shape index (κ2) is 5.09. The highest BCUT2D eigenvalue weighted by atomic mass is 79.9. The Balaban J connectivity index is 1.92. The molecule has 0 saturated carbocycles. The standard InChI is InChI=1S/C14H21BrN2/c1-10-4-5-12(15)6-11(10)8-16-13-7-14(2,3)17-9-13/h4-6,13,16-17H,7-9H2,1-3H3. The van der Waals surface area contributed by atoms with Crippen molar-refractivity contribution >= 4 is 15.9 Å². The van der Waals surface area contributed by atoms with Crippen LogP contribution in [0.1, 0.15) is 31.4 Å². The SMILES string of the molecule is Cc1ccc(Br)cc1CNC1CNC(C)(C)C1. The largest absolute Gasteiger partial charge is 0.310 e. The molecule has 2 rings (SSSR count). The van der Waals surface area contributed by atoms with Crippen molar-refractivity contribution in [2.24, 2.45) is 0 Å². The summed E-state index contributed by atoms with van der Waals surface area (Å²) in [7, 11) is 0. The molecule has 1 saturated heterocycles. The van der Waals surface area contributed by atoms with E-state index in [2.05, 4.69) is 65.5 Å². The summed E-state index contributed by atoms with van der Waals surface area (Å²) in [6.07, 6.45) is 1.19. The van der Waals surface area contributed by atoms with Gasteiger partial charge in [0.2, 0.25) is 0 Å². The molecule has 1 aliphatic rings. The maximum atomic E-state index is 3.64. The van der Waals surface area contributed by atoms with Crippen LogP contribution in [0.5, 0.6) is 0 Å². The number of hydrogen-bond acceptors (Lipinski definition) is 2. The fraction of sp³-hybridized carbons (Fsp3) is 0.571. The second-order valence-electron chi connectivity index (χ2n) is 5.62. The van der Waals surface area contributed by atoms with Crippen molar-refractivity contribution in [1.29, 1.82) is 0 Å². The minimum absolute atomic E-state index is 0.282. The van der Waals surface area contributed by atoms with Gasteiger partial charge >= 0.3 is 0 Å². The zero-order valence-electron chi connectivity index (χ0n) is 10.8. The van der Waals surface area contributed by atoms with E-state index in [0.29, 0.717) is 6.04 Å². The summed E-state index contributed by atoms with van der Waals surface area (Å²) in [4.78, 5) is 0. The first-order chi connectivity index (χ1) is 7.96. The van der Waals surface area contributed by atoms with Gasteiger partial charge in [-0.15, -0.1) is 0 Å². The highest BCUT2D eigenvalue weighted by Crippen LogP contribution is 2.19. The van der Waals surface area contributed by atoms with E-state index >= 15 is 0 Å². The van der Waals surface area contributed by atoms with Gasteiger partial charge < -0.3 is 10.6 Å². The molecule has 1 aromatic carbocycles. The van der Waals surface area contributed by atoms with Gasteiger partial charge in [-0.25, -0.2) is 0 Å². The maximum Gasteiger partial charge on any atom is 0.0213 e. The van der Waals surface area contributed by atoms with Gasteiger partial charge in [-0.05, 0) is 50.5 Å². The summed E-state index contributed by atoms with van der Waals surface area (Å²) in [5.41, 5.74) is 3.01. The molecule has 1 unspecified atom stereocenters. The molecule has 0 amide bonds. The first-order valence-corrected chi connectivity index (χ1v) is 6.99. The van der Waals surface area contributed by atoms with Crippen molar-refractivity contribution in [2.45, 2.75) is 45.3 Å². The maximum absolute atomic E-state index is 3.64. The lowest BCUT2D eigenvalue weighted by Gasteiger charge is -2.18. The van der Waals surface area contributed by atoms with E-state index in [1.807, 2.05) is 0 Å². The predicted molar refractivity (Wildman–Crippen MR) is 76.2 cm³/mol. The number of halogens is 1. The number of benzene rings is 1. The van der Waals surface area contributed by atoms with Crippen LogP contribution >= 0.6 is 15.9 Å². The lowest BCUT2D eigenvalue weighted by Crippen LogP contribution is -2.31. The van der Waals surface area contributed by atoms with Crippen LogP contribution in [0.2, 0.25) is 0 Å². The van der Waals surface area contributed by atoms with Crippen LogP contribution < -0.4 is 10.6 Å². The number of nitrogens with one attached hydrogen (secondary N) is 2. The minimum Gasteiger partial charge on any atom is -0.310 e. The van der Waals surface area contributed by atoms with Crippen LogP contribution in [0.3, 0.4) is 0 Å². The molecule has 2 N–H and O–H groups in total. The monoisotopic (exact) mass is 296 g/mol. The van der Waals surface area contributed by atoms with Crippen LogP contribution in [0.25, 0.3) is 0 Å². The Bertz CT molecular complexity index is 401. The van der Waals surface area contributed by atoms with Crippen LogP contribution in [-0.4, -0.2) is 18.1 Å². The average Bonchev–Trinajstić information content (AvgIpc) is 2.60. The summed E-state index contributed by atoms with van der Waals surface area (Å²) in [6, 6.07) is 7.05. The summed E-state index contributed by atoms with van der Waals surface area (Å²) < 4.78 is 1.16. The topological polar surface area (TPSA) is 24.1 Å². The molecule has 0 radical (unpaired) electrons. The van der Waals surface area contributed by atoms with E-state index in [-0.39, 0.29) is 5.54 Å². The van der Waals surface area contributed by atoms with Crippen molar-refractivity contribution in [3.8, 4) is 0 Å². The summed E-state index contributed by atoms with van der Waals surface area (Å²) in [5, 5.41) is 7.17. The van der Waals surface area contributed by atoms with Crippen molar-refractivity contribution in [3.63, 3.8) is 0 Å². The molecule has 0 spiro atoms. The third-order valence-corrected chi connectivity index (χ3v) is 3.97. The molecule has 0 bridgehead atoms. The molecule has 2 nitrogen and oxygen atoms in total. The van der Waals surface area contributed by atoms with Gasteiger partial charge in [-0.3, -0.25) is 0 Å². The van der Waals surface area contributed by atoms with E-state index < -0.39 is 0 Å². The van der Waals surface area contributed by atoms with Gasteiger partial charge in [0.05, 0.1) is 0 Å². The fourth-order valence-corrected chi connectivity index (χ4v) is 2.80. The van der Waals surface area contributed by atoms with Crippen LogP contribution in [0, 0.1) is 6.92 Å². The Kier molecular flexibility index (Phi) is 3.91. The molecule has 3 heteroatoms. The molecule has 1 fully saturated rings. The van der Waals surface area contributed by atoms with Crippen LogP contribution in [-0.2, 0) is 6.54 Å². The number of rotatable bonds is 3. The Labute approximate surface area is 112 Å². The third kappa shape index (κ3) is 3.54. The first-order valence-electron chi connectivity index (χ1n) is 6.20. The average molecular weight is 297 g/mol. The smallest absolute Gasteiger partial charge is 0.0213 e. The molecule has 1 aromatic rings. The Morgan fingerprint density at radius 1 is 1.47 bits per heavy atom. The Hall–Kier alpha value is -0.380. The van der Waals surface area contributed by atoms with E-state index in [0.717, 1.165) is 17.6 Å². The van der Waals surface area contributed by atoms with Crippen LogP contribution in [0.15, 0.2) is 22.7 Å². The lowest BCUT2D eigenvalue weighted by atomic mass is 10.0. The highest BCUT2D eigenvalue weighted by Gasteiger charge is 2.29. The quantitative estimate of drug-likeness (QED) is 0.896. The fourth-order valence-electron chi connectivity index (χ4n) is 2.39. The summed E-state index contributed by atoms with van der Waals surface area (Å²) >= 11 is 3.53. The number of hydrogen-bond donors (Lipinski definition) is 2. The van der Waals surface area contributed by atoms with Crippen molar-refractivity contribution in [1.82, 2.24) is 10.6 Å². The van der Waals surface area contributed by atoms with Gasteiger partial charge in [0.1, 0.15) is 0 Å². The molecular weight excluding hydrogens is 276 g/mol. The second-order valence-corrected chi connectivity index (χ2v) is 6.53. The summed E-state index contributed by atoms with van der Waals surface area (Å²) in [5.74, 6) is 0. The number of aryl methyl sites for hydroxylation is 1. The molecule has 0 aliphatic carbocycles. The van der Waals surface area contributed by atoms with Gasteiger partial charge in [0, 0.05) is 29.1 Å². The zero-order chi connectivity index (χ0) is 12.5. The minimum atomic E-state index is 0.282. The molecular formula is C14H21BrN2. The molecule has 94 valence electrons. The first kappa shape index (κ1) is 13.1. The Morgan fingerprint density at radius 3 is 2.88 bits per heavy atom. The molecule has 1 heterocycles. The van der Waals surface area contributed by atoms with Crippen molar-refractivity contribution in [2.75, 3.05) is 6.54 Å². The molecule has 1 atom stereocenters. The molecule has 1 aliphatic heterocycles. The van der Waals surface area contributed by atoms with Crippen LogP contribution in [0.4, 0.5) is 0 Å². The van der Waals surface area contributed by atoms with Gasteiger partial charge in [0.25, 0.3) is 0 Å². The van der Waals surface area contributed by atoms with Crippen molar-refractivity contribution in [3.05, 3.63) is 33.8 Å².